The lowest BCUT2D eigenvalue weighted by molar-refractivity contribution is 0.375. The van der Waals surface area contributed by atoms with E-state index in [1.54, 1.807) is 0 Å². The Labute approximate surface area is 80.8 Å². The van der Waals surface area contributed by atoms with Gasteiger partial charge in [0.1, 0.15) is 0 Å². The molecule has 13 heavy (non-hydrogen) atoms. The van der Waals surface area contributed by atoms with Crippen LogP contribution in [-0.2, 0) is 0 Å². The molecule has 1 fully saturated rings. The summed E-state index contributed by atoms with van der Waals surface area (Å²) in [5, 5.41) is 3.57. The van der Waals surface area contributed by atoms with Crippen molar-refractivity contribution < 1.29 is 0 Å². The molecule has 1 N–H and O–H groups in total. The molecule has 0 saturated heterocycles. The summed E-state index contributed by atoms with van der Waals surface area (Å²) in [6.45, 7) is 8.05. The smallest absolute Gasteiger partial charge is 0.0966 e. The Morgan fingerprint density at radius 1 is 1.54 bits per heavy atom. The van der Waals surface area contributed by atoms with Gasteiger partial charge in [-0.25, -0.2) is 0 Å². The molecule has 2 heteroatoms. The minimum Gasteiger partial charge on any atom is -0.371 e. The molecule has 2 atom stereocenters. The monoisotopic (exact) mass is 180 g/mol. The zero-order chi connectivity index (χ0) is 9.47. The van der Waals surface area contributed by atoms with Crippen LogP contribution in [0.1, 0.15) is 40.0 Å². The van der Waals surface area contributed by atoms with Gasteiger partial charge in [-0.1, -0.05) is 20.8 Å². The van der Waals surface area contributed by atoms with Crippen molar-refractivity contribution in [2.24, 2.45) is 16.3 Å². The zero-order valence-electron chi connectivity index (χ0n) is 8.93. The number of rotatable bonds is 2. The fraction of sp³-hybridized carbons (Fsp3) is 0.909. The van der Waals surface area contributed by atoms with E-state index in [1.807, 2.05) is 0 Å². The largest absolute Gasteiger partial charge is 0.371 e. The Hall–Kier alpha value is -0.530. The van der Waals surface area contributed by atoms with Crippen molar-refractivity contribution in [3.05, 3.63) is 0 Å². The summed E-state index contributed by atoms with van der Waals surface area (Å²) in [5.74, 6) is 2.04. The summed E-state index contributed by atoms with van der Waals surface area (Å²) in [6.07, 6.45) is 3.74. The van der Waals surface area contributed by atoms with Crippen LogP contribution in [0.2, 0.25) is 0 Å². The molecule has 0 aromatic carbocycles. The van der Waals surface area contributed by atoms with Gasteiger partial charge in [-0.2, -0.15) is 0 Å². The predicted octanol–water partition coefficient (Wildman–Crippen LogP) is 2.20. The van der Waals surface area contributed by atoms with Gasteiger partial charge >= 0.3 is 0 Å². The summed E-state index contributed by atoms with van der Waals surface area (Å²) in [7, 11) is 0. The van der Waals surface area contributed by atoms with Gasteiger partial charge in [0.05, 0.1) is 5.84 Å². The van der Waals surface area contributed by atoms with Gasteiger partial charge in [-0.15, -0.1) is 0 Å². The Morgan fingerprint density at radius 2 is 2.31 bits per heavy atom. The van der Waals surface area contributed by atoms with E-state index in [1.165, 1.54) is 25.1 Å². The first-order valence-electron chi connectivity index (χ1n) is 5.43. The first-order valence-corrected chi connectivity index (χ1v) is 5.43. The van der Waals surface area contributed by atoms with Crippen LogP contribution in [-0.4, -0.2) is 18.4 Å². The van der Waals surface area contributed by atoms with Gasteiger partial charge in [0.25, 0.3) is 0 Å². The third kappa shape index (κ3) is 1.59. The van der Waals surface area contributed by atoms with Gasteiger partial charge in [-0.05, 0) is 24.2 Å². The Bertz CT molecular complexity index is 232. The molecule has 2 unspecified atom stereocenters. The summed E-state index contributed by atoms with van der Waals surface area (Å²) in [4.78, 5) is 4.45. The third-order valence-electron chi connectivity index (χ3n) is 3.81. The molecular formula is C11H20N2. The van der Waals surface area contributed by atoms with Crippen molar-refractivity contribution in [1.82, 2.24) is 5.32 Å². The maximum atomic E-state index is 4.45. The van der Waals surface area contributed by atoms with Crippen LogP contribution in [0.15, 0.2) is 4.99 Å². The summed E-state index contributed by atoms with van der Waals surface area (Å²) in [5.41, 5.74) is 0.533. The maximum Gasteiger partial charge on any atom is 0.0966 e. The molecule has 2 nitrogen and oxygen atoms in total. The van der Waals surface area contributed by atoms with E-state index in [0.29, 0.717) is 11.5 Å². The summed E-state index contributed by atoms with van der Waals surface area (Å²) >= 11 is 0. The number of aliphatic imine (C=N–C) groups is 1. The average Bonchev–Trinajstić information content (AvgIpc) is 2.53. The fourth-order valence-corrected chi connectivity index (χ4v) is 2.09. The van der Waals surface area contributed by atoms with E-state index in [0.717, 1.165) is 12.5 Å². The molecule has 0 radical (unpaired) electrons. The lowest BCUT2D eigenvalue weighted by atomic mass is 9.94. The van der Waals surface area contributed by atoms with Crippen LogP contribution in [0.25, 0.3) is 0 Å². The molecule has 0 bridgehead atoms. The molecule has 0 aromatic rings. The van der Waals surface area contributed by atoms with Crippen LogP contribution in [0.4, 0.5) is 0 Å². The first kappa shape index (κ1) is 9.04. The second-order valence-corrected chi connectivity index (χ2v) is 4.99. The number of nitrogens with zero attached hydrogens (tertiary/aromatic N) is 1. The standard InChI is InChI=1S/C11H20N2/c1-8(2)11(3)7-9(11)13-10-5-4-6-12-10/h8-9H,4-7H2,1-3H3,(H,12,13). The van der Waals surface area contributed by atoms with E-state index in [-0.39, 0.29) is 0 Å². The lowest BCUT2D eigenvalue weighted by Gasteiger charge is -2.16. The molecule has 0 amide bonds. The molecule has 1 aliphatic carbocycles. The zero-order valence-corrected chi connectivity index (χ0v) is 8.93. The highest BCUT2D eigenvalue weighted by Crippen LogP contribution is 2.51. The van der Waals surface area contributed by atoms with Gasteiger partial charge in [0, 0.05) is 19.0 Å². The van der Waals surface area contributed by atoms with Gasteiger partial charge in [-0.3, -0.25) is 4.99 Å². The molecule has 2 rings (SSSR count). The second kappa shape index (κ2) is 3.00. The molecule has 0 spiro atoms. The molecule has 1 heterocycles. The number of nitrogens with one attached hydrogen (secondary N) is 1. The summed E-state index contributed by atoms with van der Waals surface area (Å²) in [6, 6.07) is 0.698. The Morgan fingerprint density at radius 3 is 2.77 bits per heavy atom. The van der Waals surface area contributed by atoms with E-state index in [9.17, 15) is 0 Å². The molecule has 74 valence electrons. The molecule has 1 aliphatic heterocycles. The molecular weight excluding hydrogens is 160 g/mol. The van der Waals surface area contributed by atoms with E-state index >= 15 is 0 Å². The average molecular weight is 180 g/mol. The van der Waals surface area contributed by atoms with Crippen LogP contribution in [0, 0.1) is 11.3 Å². The fourth-order valence-electron chi connectivity index (χ4n) is 2.09. The SMILES string of the molecule is CC(C)C1(C)CC1NC1=NCCC1. The minimum atomic E-state index is 0.533. The predicted molar refractivity (Wildman–Crippen MR) is 56.0 cm³/mol. The number of amidine groups is 1. The van der Waals surface area contributed by atoms with Crippen LogP contribution in [0.5, 0.6) is 0 Å². The normalized spacial score (nSPS) is 37.8. The van der Waals surface area contributed by atoms with Crippen molar-refractivity contribution in [1.29, 1.82) is 0 Å². The van der Waals surface area contributed by atoms with Crippen LogP contribution < -0.4 is 5.32 Å². The van der Waals surface area contributed by atoms with Crippen molar-refractivity contribution in [3.63, 3.8) is 0 Å². The highest BCUT2D eigenvalue weighted by Gasteiger charge is 2.52. The lowest BCUT2D eigenvalue weighted by Crippen LogP contribution is -2.29. The Kier molecular flexibility index (Phi) is 2.09. The van der Waals surface area contributed by atoms with E-state index in [2.05, 4.69) is 31.1 Å². The highest BCUT2D eigenvalue weighted by molar-refractivity contribution is 5.84. The van der Waals surface area contributed by atoms with Gasteiger partial charge in [0.15, 0.2) is 0 Å². The molecule has 1 saturated carbocycles. The third-order valence-corrected chi connectivity index (χ3v) is 3.81. The first-order chi connectivity index (χ1) is 6.13. The molecule has 0 aromatic heterocycles. The van der Waals surface area contributed by atoms with Gasteiger partial charge < -0.3 is 5.32 Å². The van der Waals surface area contributed by atoms with Crippen molar-refractivity contribution >= 4 is 5.84 Å². The van der Waals surface area contributed by atoms with E-state index in [4.69, 9.17) is 0 Å². The summed E-state index contributed by atoms with van der Waals surface area (Å²) < 4.78 is 0. The molecule has 2 aliphatic rings. The Balaban J connectivity index is 1.86. The topological polar surface area (TPSA) is 24.4 Å². The van der Waals surface area contributed by atoms with Gasteiger partial charge in [0.2, 0.25) is 0 Å². The van der Waals surface area contributed by atoms with Crippen molar-refractivity contribution in [2.45, 2.75) is 46.1 Å². The van der Waals surface area contributed by atoms with Crippen molar-refractivity contribution in [3.8, 4) is 0 Å². The quantitative estimate of drug-likeness (QED) is 0.692. The maximum absolute atomic E-state index is 4.45. The highest BCUT2D eigenvalue weighted by atomic mass is 15.1. The number of hydrogen-bond acceptors (Lipinski definition) is 2. The minimum absolute atomic E-state index is 0.533. The van der Waals surface area contributed by atoms with Crippen LogP contribution >= 0.6 is 0 Å². The van der Waals surface area contributed by atoms with E-state index < -0.39 is 0 Å². The van der Waals surface area contributed by atoms with Crippen molar-refractivity contribution in [2.75, 3.05) is 6.54 Å². The number of hydrogen-bond donors (Lipinski definition) is 1. The second-order valence-electron chi connectivity index (χ2n) is 4.99. The van der Waals surface area contributed by atoms with Crippen LogP contribution in [0.3, 0.4) is 0 Å².